The van der Waals surface area contributed by atoms with Crippen LogP contribution in [0.4, 0.5) is 0 Å². The van der Waals surface area contributed by atoms with E-state index < -0.39 is 0 Å². The second-order valence-corrected chi connectivity index (χ2v) is 6.27. The number of nitrogens with two attached hydrogens (primary N) is 1. The van der Waals surface area contributed by atoms with Gasteiger partial charge in [0.15, 0.2) is 4.96 Å². The molecule has 0 aromatic carbocycles. The van der Waals surface area contributed by atoms with Crippen LogP contribution in [0.2, 0.25) is 0 Å². The van der Waals surface area contributed by atoms with Gasteiger partial charge in [-0.1, -0.05) is 12.8 Å². The van der Waals surface area contributed by atoms with Crippen molar-refractivity contribution in [3.05, 3.63) is 33.7 Å². The molecule has 2 aromatic heterocycles. The van der Waals surface area contributed by atoms with Crippen molar-refractivity contribution in [3.63, 3.8) is 0 Å². The molecule has 2 atom stereocenters. The van der Waals surface area contributed by atoms with Gasteiger partial charge in [0.2, 0.25) is 0 Å². The summed E-state index contributed by atoms with van der Waals surface area (Å²) in [6.07, 6.45) is 7.19. The summed E-state index contributed by atoms with van der Waals surface area (Å²) >= 11 is 1.37. The Hall–Kier alpha value is -1.73. The van der Waals surface area contributed by atoms with Gasteiger partial charge in [-0.2, -0.15) is 0 Å². The van der Waals surface area contributed by atoms with Gasteiger partial charge in [-0.25, -0.2) is 4.98 Å². The molecule has 0 aliphatic heterocycles. The molecule has 112 valence electrons. The number of aromatic nitrogens is 2. The first-order chi connectivity index (χ1) is 10.2. The summed E-state index contributed by atoms with van der Waals surface area (Å²) in [5.74, 6) is -0.0539. The molecular weight excluding hydrogens is 288 g/mol. The summed E-state index contributed by atoms with van der Waals surface area (Å²) in [5.41, 5.74) is 5.54. The number of fused-ring (bicyclic) bond motifs is 1. The van der Waals surface area contributed by atoms with E-state index in [0.717, 1.165) is 25.7 Å². The van der Waals surface area contributed by atoms with Gasteiger partial charge in [0.25, 0.3) is 11.5 Å². The molecule has 3 N–H and O–H groups in total. The lowest BCUT2D eigenvalue weighted by Crippen LogP contribution is -2.46. The maximum absolute atomic E-state index is 12.4. The molecule has 0 spiro atoms. The zero-order valence-electron chi connectivity index (χ0n) is 11.6. The number of hydrogen-bond donors (Lipinski definition) is 2. The smallest absolute Gasteiger partial charge is 0.271 e. The van der Waals surface area contributed by atoms with Crippen LogP contribution in [-0.2, 0) is 0 Å². The Kier molecular flexibility index (Phi) is 4.03. The Labute approximate surface area is 126 Å². The largest absolute Gasteiger partial charge is 0.349 e. The van der Waals surface area contributed by atoms with Crippen molar-refractivity contribution >= 4 is 22.2 Å². The van der Waals surface area contributed by atoms with Crippen LogP contribution >= 0.6 is 11.3 Å². The minimum absolute atomic E-state index is 0.0545. The number of amides is 1. The molecule has 1 aliphatic rings. The van der Waals surface area contributed by atoms with Crippen molar-refractivity contribution in [2.24, 2.45) is 11.7 Å². The van der Waals surface area contributed by atoms with E-state index in [1.807, 2.05) is 0 Å². The summed E-state index contributed by atoms with van der Waals surface area (Å²) in [5, 5.41) is 4.74. The molecule has 3 rings (SSSR count). The molecule has 1 fully saturated rings. The molecule has 1 aliphatic carbocycles. The minimum atomic E-state index is -0.349. The molecule has 2 heterocycles. The Bertz CT molecular complexity index is 708. The highest BCUT2D eigenvalue weighted by Crippen LogP contribution is 2.23. The van der Waals surface area contributed by atoms with Gasteiger partial charge in [-0.05, 0) is 25.3 Å². The van der Waals surface area contributed by atoms with Gasteiger partial charge in [0, 0.05) is 23.8 Å². The molecule has 0 bridgehead atoms. The van der Waals surface area contributed by atoms with E-state index in [9.17, 15) is 9.59 Å². The quantitative estimate of drug-likeness (QED) is 0.885. The SMILES string of the molecule is NC[C@@H]1CCCC[C@@H]1NC(=O)c1cnc2sccn2c1=O. The van der Waals surface area contributed by atoms with E-state index in [1.54, 1.807) is 11.6 Å². The average molecular weight is 306 g/mol. The van der Waals surface area contributed by atoms with E-state index >= 15 is 0 Å². The number of thiazole rings is 1. The number of rotatable bonds is 3. The number of hydrogen-bond acceptors (Lipinski definition) is 5. The lowest BCUT2D eigenvalue weighted by Gasteiger charge is -2.31. The first-order valence-corrected chi connectivity index (χ1v) is 8.04. The zero-order chi connectivity index (χ0) is 14.8. The third-order valence-corrected chi connectivity index (χ3v) is 4.89. The first kappa shape index (κ1) is 14.2. The summed E-state index contributed by atoms with van der Waals surface area (Å²) in [6.45, 7) is 0.561. The van der Waals surface area contributed by atoms with Crippen LogP contribution < -0.4 is 16.6 Å². The second-order valence-electron chi connectivity index (χ2n) is 5.39. The Morgan fingerprint density at radius 1 is 1.48 bits per heavy atom. The van der Waals surface area contributed by atoms with E-state index in [4.69, 9.17) is 5.73 Å². The predicted octanol–water partition coefficient (Wildman–Crippen LogP) is 1.00. The fourth-order valence-corrected chi connectivity index (χ4v) is 3.58. The van der Waals surface area contributed by atoms with E-state index in [0.29, 0.717) is 17.4 Å². The number of carbonyl (C=O) groups is 1. The van der Waals surface area contributed by atoms with Crippen LogP contribution in [0.25, 0.3) is 4.96 Å². The van der Waals surface area contributed by atoms with Crippen LogP contribution in [0, 0.1) is 5.92 Å². The van der Waals surface area contributed by atoms with E-state index in [2.05, 4.69) is 10.3 Å². The van der Waals surface area contributed by atoms with Gasteiger partial charge in [-0.3, -0.25) is 14.0 Å². The maximum Gasteiger partial charge on any atom is 0.271 e. The molecule has 0 radical (unpaired) electrons. The predicted molar refractivity (Wildman–Crippen MR) is 81.6 cm³/mol. The molecule has 6 nitrogen and oxygen atoms in total. The van der Waals surface area contributed by atoms with Crippen molar-refractivity contribution in [3.8, 4) is 0 Å². The number of nitrogens with one attached hydrogen (secondary N) is 1. The molecule has 0 saturated heterocycles. The molecule has 1 saturated carbocycles. The molecule has 1 amide bonds. The third kappa shape index (κ3) is 2.71. The molecule has 2 aromatic rings. The van der Waals surface area contributed by atoms with Crippen molar-refractivity contribution in [1.82, 2.24) is 14.7 Å². The minimum Gasteiger partial charge on any atom is -0.349 e. The van der Waals surface area contributed by atoms with Gasteiger partial charge < -0.3 is 11.1 Å². The molecular formula is C14H18N4O2S. The summed E-state index contributed by atoms with van der Waals surface area (Å²) in [6, 6.07) is 0.0545. The number of carbonyl (C=O) groups excluding carboxylic acids is 1. The Balaban J connectivity index is 1.83. The topological polar surface area (TPSA) is 89.5 Å². The molecule has 21 heavy (non-hydrogen) atoms. The van der Waals surface area contributed by atoms with Gasteiger partial charge in [0.1, 0.15) is 5.56 Å². The Morgan fingerprint density at radius 3 is 3.10 bits per heavy atom. The summed E-state index contributed by atoms with van der Waals surface area (Å²) in [4.78, 5) is 29.4. The van der Waals surface area contributed by atoms with Crippen LogP contribution in [-0.4, -0.2) is 27.9 Å². The monoisotopic (exact) mass is 306 g/mol. The van der Waals surface area contributed by atoms with E-state index in [1.165, 1.54) is 21.9 Å². The zero-order valence-corrected chi connectivity index (χ0v) is 12.4. The fraction of sp³-hybridized carbons (Fsp3) is 0.500. The first-order valence-electron chi connectivity index (χ1n) is 7.16. The van der Waals surface area contributed by atoms with Crippen molar-refractivity contribution < 1.29 is 4.79 Å². The maximum atomic E-state index is 12.4. The van der Waals surface area contributed by atoms with Crippen LogP contribution in [0.5, 0.6) is 0 Å². The van der Waals surface area contributed by atoms with E-state index in [-0.39, 0.29) is 23.1 Å². The standard InChI is InChI=1S/C14H18N4O2S/c15-7-9-3-1-2-4-11(9)17-12(19)10-8-16-14-18(13(10)20)5-6-21-14/h5-6,8-9,11H,1-4,7,15H2,(H,17,19)/t9-,11-/m0/s1. The van der Waals surface area contributed by atoms with Gasteiger partial charge in [0.05, 0.1) is 0 Å². The van der Waals surface area contributed by atoms with Crippen molar-refractivity contribution in [2.75, 3.05) is 6.54 Å². The normalized spacial score (nSPS) is 22.3. The Morgan fingerprint density at radius 2 is 2.29 bits per heavy atom. The summed E-state index contributed by atoms with van der Waals surface area (Å²) < 4.78 is 1.40. The average Bonchev–Trinajstić information content (AvgIpc) is 2.97. The second kappa shape index (κ2) is 5.95. The van der Waals surface area contributed by atoms with Crippen molar-refractivity contribution in [2.45, 2.75) is 31.7 Å². The van der Waals surface area contributed by atoms with Gasteiger partial charge in [-0.15, -0.1) is 11.3 Å². The third-order valence-electron chi connectivity index (χ3n) is 4.12. The lowest BCUT2D eigenvalue weighted by molar-refractivity contribution is 0.0906. The molecule has 7 heteroatoms. The molecule has 0 unspecified atom stereocenters. The van der Waals surface area contributed by atoms with Crippen LogP contribution in [0.1, 0.15) is 36.0 Å². The van der Waals surface area contributed by atoms with Crippen LogP contribution in [0.3, 0.4) is 0 Å². The number of nitrogens with zero attached hydrogens (tertiary/aromatic N) is 2. The van der Waals surface area contributed by atoms with Crippen LogP contribution in [0.15, 0.2) is 22.6 Å². The van der Waals surface area contributed by atoms with Gasteiger partial charge >= 0.3 is 0 Å². The van der Waals surface area contributed by atoms with Crippen molar-refractivity contribution in [1.29, 1.82) is 0 Å². The fourth-order valence-electron chi connectivity index (χ4n) is 2.91. The lowest BCUT2D eigenvalue weighted by atomic mass is 9.84. The highest BCUT2D eigenvalue weighted by molar-refractivity contribution is 7.15. The summed E-state index contributed by atoms with van der Waals surface area (Å²) in [7, 11) is 0. The highest BCUT2D eigenvalue weighted by atomic mass is 32.1. The highest BCUT2D eigenvalue weighted by Gasteiger charge is 2.26.